The summed E-state index contributed by atoms with van der Waals surface area (Å²) in [6.07, 6.45) is -3.01. The minimum atomic E-state index is -2.67. The highest BCUT2D eigenvalue weighted by Gasteiger charge is 2.32. The average molecular weight is 519 g/mol. The Kier molecular flexibility index (Phi) is 6.89. The Morgan fingerprint density at radius 3 is 2.65 bits per heavy atom. The van der Waals surface area contributed by atoms with Gasteiger partial charge < -0.3 is 25.6 Å². The van der Waals surface area contributed by atoms with Gasteiger partial charge in [-0.25, -0.2) is 13.6 Å². The van der Waals surface area contributed by atoms with Gasteiger partial charge in [-0.1, -0.05) is 27.3 Å². The number of carbonyl (C=O) groups is 1. The number of hydrogen-bond donors (Lipinski definition) is 2. The lowest BCUT2D eigenvalue weighted by molar-refractivity contribution is 0.0159. The van der Waals surface area contributed by atoms with E-state index in [9.17, 15) is 13.6 Å². The van der Waals surface area contributed by atoms with E-state index >= 15 is 0 Å². The summed E-state index contributed by atoms with van der Waals surface area (Å²) < 4.78 is 31.8. The van der Waals surface area contributed by atoms with Crippen LogP contribution in [0, 0.1) is 0 Å². The van der Waals surface area contributed by atoms with E-state index < -0.39 is 12.0 Å². The number of aromatic nitrogens is 2. The number of nitrogens with zero attached hydrogens (tertiary/aromatic N) is 4. The van der Waals surface area contributed by atoms with Gasteiger partial charge in [0.1, 0.15) is 5.60 Å². The standard InChI is InChI=1S/C19H25BrF2N6O2S/c1-10-9-27(5-6-28(10)18(29)30-19(2,3)4)13-8-11(20)7-12(14(13)23)24-17-26-25-16(31-17)15(21)22/h7-8,10,15H,5-6,9,23H2,1-4H3,(H,24,26)/t10-/m1/s1. The van der Waals surface area contributed by atoms with Crippen molar-refractivity contribution < 1.29 is 18.3 Å². The number of ether oxygens (including phenoxy) is 1. The molecule has 12 heteroatoms. The first-order valence-electron chi connectivity index (χ1n) is 9.66. The molecule has 3 N–H and O–H groups in total. The van der Waals surface area contributed by atoms with Crippen LogP contribution in [0.5, 0.6) is 0 Å². The fraction of sp³-hybridized carbons (Fsp3) is 0.526. The number of hydrogen-bond acceptors (Lipinski definition) is 8. The van der Waals surface area contributed by atoms with Crippen LogP contribution in [-0.2, 0) is 4.74 Å². The fourth-order valence-corrected chi connectivity index (χ4v) is 4.28. The molecule has 0 aliphatic carbocycles. The number of nitrogens with two attached hydrogens (primary N) is 1. The van der Waals surface area contributed by atoms with Gasteiger partial charge in [0.25, 0.3) is 6.43 Å². The van der Waals surface area contributed by atoms with Gasteiger partial charge in [-0.2, -0.15) is 0 Å². The Labute approximate surface area is 191 Å². The number of carbonyl (C=O) groups excluding carboxylic acids is 1. The minimum Gasteiger partial charge on any atom is -0.444 e. The Bertz CT molecular complexity index is 952. The Hall–Kier alpha value is -2.21. The number of benzene rings is 1. The number of alkyl halides is 2. The van der Waals surface area contributed by atoms with Crippen LogP contribution in [0.15, 0.2) is 16.6 Å². The Balaban J connectivity index is 1.76. The quantitative estimate of drug-likeness (QED) is 0.549. The van der Waals surface area contributed by atoms with E-state index in [1.54, 1.807) is 11.0 Å². The molecule has 1 aromatic carbocycles. The predicted octanol–water partition coefficient (Wildman–Crippen LogP) is 5.01. The largest absolute Gasteiger partial charge is 0.444 e. The van der Waals surface area contributed by atoms with Crippen molar-refractivity contribution in [2.45, 2.75) is 45.8 Å². The maximum Gasteiger partial charge on any atom is 0.410 e. The van der Waals surface area contributed by atoms with E-state index in [4.69, 9.17) is 10.5 Å². The third kappa shape index (κ3) is 5.73. The van der Waals surface area contributed by atoms with Gasteiger partial charge in [0, 0.05) is 30.1 Å². The molecule has 31 heavy (non-hydrogen) atoms. The summed E-state index contributed by atoms with van der Waals surface area (Å²) in [7, 11) is 0. The summed E-state index contributed by atoms with van der Waals surface area (Å²) in [4.78, 5) is 16.3. The highest BCUT2D eigenvalue weighted by molar-refractivity contribution is 9.10. The van der Waals surface area contributed by atoms with Crippen molar-refractivity contribution in [3.05, 3.63) is 21.6 Å². The molecule has 3 rings (SSSR count). The number of halogens is 3. The lowest BCUT2D eigenvalue weighted by atomic mass is 10.1. The molecule has 0 unspecified atom stereocenters. The van der Waals surface area contributed by atoms with Crippen LogP contribution in [0.3, 0.4) is 0 Å². The van der Waals surface area contributed by atoms with Crippen molar-refractivity contribution in [1.82, 2.24) is 15.1 Å². The Morgan fingerprint density at radius 1 is 1.35 bits per heavy atom. The second-order valence-corrected chi connectivity index (χ2v) is 10.2. The predicted molar refractivity (Wildman–Crippen MR) is 121 cm³/mol. The summed E-state index contributed by atoms with van der Waals surface area (Å²) in [5.74, 6) is 0. The first kappa shape index (κ1) is 23.5. The molecule has 0 bridgehead atoms. The zero-order valence-corrected chi connectivity index (χ0v) is 20.1. The van der Waals surface area contributed by atoms with Gasteiger partial charge in [-0.05, 0) is 39.8 Å². The smallest absolute Gasteiger partial charge is 0.410 e. The topological polar surface area (TPSA) is 96.6 Å². The molecular weight excluding hydrogens is 494 g/mol. The van der Waals surface area contributed by atoms with Crippen LogP contribution in [0.25, 0.3) is 0 Å². The lowest BCUT2D eigenvalue weighted by Gasteiger charge is -2.41. The third-order valence-corrected chi connectivity index (χ3v) is 5.89. The molecule has 2 aromatic rings. The normalized spacial score (nSPS) is 17.2. The summed E-state index contributed by atoms with van der Waals surface area (Å²) in [5.41, 5.74) is 7.60. The zero-order valence-electron chi connectivity index (χ0n) is 17.7. The van der Waals surface area contributed by atoms with Crippen molar-refractivity contribution in [3.63, 3.8) is 0 Å². The number of rotatable bonds is 4. The first-order valence-corrected chi connectivity index (χ1v) is 11.3. The molecule has 0 radical (unpaired) electrons. The van der Waals surface area contributed by atoms with E-state index in [1.807, 2.05) is 33.8 Å². The van der Waals surface area contributed by atoms with Crippen molar-refractivity contribution in [3.8, 4) is 0 Å². The van der Waals surface area contributed by atoms with Crippen LogP contribution in [0.1, 0.15) is 39.1 Å². The number of anilines is 4. The maximum atomic E-state index is 12.8. The van der Waals surface area contributed by atoms with Crippen molar-refractivity contribution in [1.29, 1.82) is 0 Å². The molecule has 1 aliphatic heterocycles. The number of piperazine rings is 1. The zero-order chi connectivity index (χ0) is 22.9. The number of amides is 1. The lowest BCUT2D eigenvalue weighted by Crippen LogP contribution is -2.55. The second-order valence-electron chi connectivity index (χ2n) is 8.23. The Morgan fingerprint density at radius 2 is 2.06 bits per heavy atom. The first-order chi connectivity index (χ1) is 14.4. The van der Waals surface area contributed by atoms with Gasteiger partial charge in [0.05, 0.1) is 17.1 Å². The minimum absolute atomic E-state index is 0.0878. The van der Waals surface area contributed by atoms with Crippen LogP contribution >= 0.6 is 27.3 Å². The summed E-state index contributed by atoms with van der Waals surface area (Å²) in [6.45, 7) is 9.08. The molecule has 0 saturated carbocycles. The maximum absolute atomic E-state index is 12.8. The molecule has 170 valence electrons. The van der Waals surface area contributed by atoms with Crippen molar-refractivity contribution >= 4 is 55.6 Å². The molecule has 0 spiro atoms. The van der Waals surface area contributed by atoms with Crippen LogP contribution < -0.4 is 16.0 Å². The van der Waals surface area contributed by atoms with Crippen LogP contribution in [-0.4, -0.2) is 52.5 Å². The molecule has 1 saturated heterocycles. The van der Waals surface area contributed by atoms with E-state index in [0.29, 0.717) is 31.0 Å². The molecule has 8 nitrogen and oxygen atoms in total. The van der Waals surface area contributed by atoms with Gasteiger partial charge >= 0.3 is 6.09 Å². The highest BCUT2D eigenvalue weighted by Crippen LogP contribution is 2.38. The number of nitrogens with one attached hydrogen (secondary N) is 1. The molecule has 1 atom stereocenters. The summed E-state index contributed by atoms with van der Waals surface area (Å²) in [6, 6.07) is 3.55. The SMILES string of the molecule is C[C@@H]1CN(c2cc(Br)cc(Nc3nnc(C(F)F)s3)c2N)CCN1C(=O)OC(C)(C)C. The summed E-state index contributed by atoms with van der Waals surface area (Å²) >= 11 is 4.25. The van der Waals surface area contributed by atoms with E-state index in [1.165, 1.54) is 0 Å². The van der Waals surface area contributed by atoms with Crippen molar-refractivity contribution in [2.75, 3.05) is 35.6 Å². The third-order valence-electron chi connectivity index (χ3n) is 4.59. The molecule has 1 amide bonds. The molecular formula is C19H25BrF2N6O2S. The van der Waals surface area contributed by atoms with E-state index in [-0.39, 0.29) is 22.3 Å². The van der Waals surface area contributed by atoms with E-state index in [0.717, 1.165) is 21.5 Å². The summed E-state index contributed by atoms with van der Waals surface area (Å²) in [5, 5.41) is 10.1. The fourth-order valence-electron chi connectivity index (χ4n) is 3.23. The van der Waals surface area contributed by atoms with Gasteiger partial charge in [0.15, 0.2) is 5.01 Å². The van der Waals surface area contributed by atoms with Gasteiger partial charge in [0.2, 0.25) is 5.13 Å². The number of nitrogen functional groups attached to an aromatic ring is 1. The molecule has 1 fully saturated rings. The second kappa shape index (κ2) is 9.11. The van der Waals surface area contributed by atoms with Crippen LogP contribution in [0.4, 0.5) is 35.8 Å². The van der Waals surface area contributed by atoms with Gasteiger partial charge in [-0.15, -0.1) is 10.2 Å². The molecule has 1 aromatic heterocycles. The monoisotopic (exact) mass is 518 g/mol. The van der Waals surface area contributed by atoms with Crippen LogP contribution in [0.2, 0.25) is 0 Å². The van der Waals surface area contributed by atoms with E-state index in [2.05, 4.69) is 36.3 Å². The molecule has 2 heterocycles. The average Bonchev–Trinajstić information content (AvgIpc) is 3.11. The highest BCUT2D eigenvalue weighted by atomic mass is 79.9. The van der Waals surface area contributed by atoms with Gasteiger partial charge in [-0.3, -0.25) is 0 Å². The molecule has 1 aliphatic rings. The van der Waals surface area contributed by atoms with Crippen molar-refractivity contribution in [2.24, 2.45) is 0 Å².